The lowest BCUT2D eigenvalue weighted by Gasteiger charge is -2.24. The third-order valence-electron chi connectivity index (χ3n) is 4.26. The summed E-state index contributed by atoms with van der Waals surface area (Å²) < 4.78 is 15.3. The predicted molar refractivity (Wildman–Crippen MR) is 97.4 cm³/mol. The number of aromatic nitrogens is 3. The molecule has 3 rings (SSSR count). The van der Waals surface area contributed by atoms with Gasteiger partial charge in [0.05, 0.1) is 17.9 Å². The summed E-state index contributed by atoms with van der Waals surface area (Å²) >= 11 is 0. The van der Waals surface area contributed by atoms with Gasteiger partial charge in [0.1, 0.15) is 18.5 Å². The number of carbonyl (C=O) groups is 1. The van der Waals surface area contributed by atoms with Crippen molar-refractivity contribution >= 4 is 11.6 Å². The number of benzene rings is 2. The van der Waals surface area contributed by atoms with E-state index in [0.29, 0.717) is 0 Å². The number of likely N-dealkylation sites (N-methyl/N-ethyl adjacent to an activating group) is 1. The number of nitrogens with one attached hydrogen (secondary N) is 1. The van der Waals surface area contributed by atoms with E-state index in [2.05, 4.69) is 15.4 Å². The molecule has 0 bridgehead atoms. The number of hydrogen-bond donors (Lipinski definition) is 1. The van der Waals surface area contributed by atoms with Gasteiger partial charge in [-0.25, -0.2) is 14.1 Å². The lowest BCUT2D eigenvalue weighted by Crippen LogP contribution is -2.32. The van der Waals surface area contributed by atoms with E-state index in [1.54, 1.807) is 29.2 Å². The van der Waals surface area contributed by atoms with Crippen molar-refractivity contribution in [3.63, 3.8) is 0 Å². The van der Waals surface area contributed by atoms with Crippen LogP contribution in [0, 0.1) is 5.82 Å². The van der Waals surface area contributed by atoms with E-state index in [0.717, 1.165) is 11.3 Å². The molecule has 1 aromatic heterocycles. The molecule has 3 aromatic rings. The maximum atomic E-state index is 13.6. The van der Waals surface area contributed by atoms with Crippen molar-refractivity contribution < 1.29 is 9.18 Å². The Hall–Kier alpha value is -3.06. The SMILES string of the molecule is C[C@@H](c1ccc(-n2cncn2)cc1)N(C)CC(=O)Nc1ccccc1F. The second-order valence-corrected chi connectivity index (χ2v) is 6.05. The van der Waals surface area contributed by atoms with Crippen LogP contribution in [0.25, 0.3) is 5.69 Å². The van der Waals surface area contributed by atoms with Crippen LogP contribution in [0.4, 0.5) is 10.1 Å². The van der Waals surface area contributed by atoms with Gasteiger partial charge in [-0.1, -0.05) is 24.3 Å². The summed E-state index contributed by atoms with van der Waals surface area (Å²) in [7, 11) is 1.86. The van der Waals surface area contributed by atoms with Crippen molar-refractivity contribution in [3.8, 4) is 5.69 Å². The maximum Gasteiger partial charge on any atom is 0.238 e. The lowest BCUT2D eigenvalue weighted by atomic mass is 10.1. The quantitative estimate of drug-likeness (QED) is 0.740. The van der Waals surface area contributed by atoms with Gasteiger partial charge in [0.15, 0.2) is 0 Å². The number of rotatable bonds is 6. The van der Waals surface area contributed by atoms with Crippen LogP contribution in [0.1, 0.15) is 18.5 Å². The highest BCUT2D eigenvalue weighted by Crippen LogP contribution is 2.20. The topological polar surface area (TPSA) is 63.1 Å². The first-order valence-corrected chi connectivity index (χ1v) is 8.24. The third-order valence-corrected chi connectivity index (χ3v) is 4.26. The Labute approximate surface area is 151 Å². The highest BCUT2D eigenvalue weighted by Gasteiger charge is 2.16. The van der Waals surface area contributed by atoms with Gasteiger partial charge in [-0.2, -0.15) is 5.10 Å². The van der Waals surface area contributed by atoms with Crippen LogP contribution in [-0.2, 0) is 4.79 Å². The Morgan fingerprint density at radius 1 is 1.23 bits per heavy atom. The van der Waals surface area contributed by atoms with E-state index in [1.165, 1.54) is 12.4 Å². The summed E-state index contributed by atoms with van der Waals surface area (Å²) in [5.74, 6) is -0.705. The number of hydrogen-bond acceptors (Lipinski definition) is 4. The number of halogens is 1. The molecule has 0 fully saturated rings. The Morgan fingerprint density at radius 3 is 2.62 bits per heavy atom. The molecule has 26 heavy (non-hydrogen) atoms. The van der Waals surface area contributed by atoms with E-state index in [1.807, 2.05) is 43.1 Å². The minimum atomic E-state index is -0.444. The highest BCUT2D eigenvalue weighted by atomic mass is 19.1. The molecule has 1 N–H and O–H groups in total. The molecule has 0 unspecified atom stereocenters. The monoisotopic (exact) mass is 353 g/mol. The average molecular weight is 353 g/mol. The Morgan fingerprint density at radius 2 is 1.96 bits per heavy atom. The summed E-state index contributed by atoms with van der Waals surface area (Å²) in [6.07, 6.45) is 3.12. The molecule has 0 aliphatic carbocycles. The van der Waals surface area contributed by atoms with Crippen molar-refractivity contribution in [2.45, 2.75) is 13.0 Å². The van der Waals surface area contributed by atoms with Crippen LogP contribution in [0.5, 0.6) is 0 Å². The van der Waals surface area contributed by atoms with E-state index < -0.39 is 5.82 Å². The fraction of sp³-hybridized carbons (Fsp3) is 0.211. The van der Waals surface area contributed by atoms with Gasteiger partial charge in [0.25, 0.3) is 0 Å². The van der Waals surface area contributed by atoms with Gasteiger partial charge in [0.2, 0.25) is 5.91 Å². The fourth-order valence-corrected chi connectivity index (χ4v) is 2.62. The molecule has 0 radical (unpaired) electrons. The van der Waals surface area contributed by atoms with Gasteiger partial charge >= 0.3 is 0 Å². The number of anilines is 1. The van der Waals surface area contributed by atoms with E-state index in [-0.39, 0.29) is 24.2 Å². The van der Waals surface area contributed by atoms with E-state index >= 15 is 0 Å². The molecule has 7 heteroatoms. The van der Waals surface area contributed by atoms with Crippen molar-refractivity contribution in [2.75, 3.05) is 18.9 Å². The summed E-state index contributed by atoms with van der Waals surface area (Å²) in [5.41, 5.74) is 2.17. The summed E-state index contributed by atoms with van der Waals surface area (Å²) in [6, 6.07) is 14.0. The van der Waals surface area contributed by atoms with Crippen LogP contribution in [0.2, 0.25) is 0 Å². The largest absolute Gasteiger partial charge is 0.322 e. The molecule has 1 heterocycles. The standard InChI is InChI=1S/C19H20FN5O/c1-14(15-7-9-16(10-8-15)25-13-21-12-22-25)24(2)11-19(26)23-18-6-4-3-5-17(18)20/h3-10,12-14H,11H2,1-2H3,(H,23,26)/t14-/m0/s1. The van der Waals surface area contributed by atoms with Gasteiger partial charge in [-0.3, -0.25) is 9.69 Å². The summed E-state index contributed by atoms with van der Waals surface area (Å²) in [5, 5.41) is 6.69. The molecule has 0 aliphatic heterocycles. The van der Waals surface area contributed by atoms with E-state index in [4.69, 9.17) is 0 Å². The summed E-state index contributed by atoms with van der Waals surface area (Å²) in [4.78, 5) is 18.0. The van der Waals surface area contributed by atoms with Crippen molar-refractivity contribution in [3.05, 3.63) is 72.6 Å². The smallest absolute Gasteiger partial charge is 0.238 e. The van der Waals surface area contributed by atoms with Crippen LogP contribution in [0.15, 0.2) is 61.2 Å². The predicted octanol–water partition coefficient (Wildman–Crippen LogP) is 3.04. The molecule has 134 valence electrons. The second kappa shape index (κ2) is 7.88. The molecular formula is C19H20FN5O. The van der Waals surface area contributed by atoms with Crippen molar-refractivity contribution in [1.82, 2.24) is 19.7 Å². The van der Waals surface area contributed by atoms with Gasteiger partial charge < -0.3 is 5.32 Å². The first-order chi connectivity index (χ1) is 12.5. The number of carbonyl (C=O) groups excluding carboxylic acids is 1. The van der Waals surface area contributed by atoms with Crippen molar-refractivity contribution in [2.24, 2.45) is 0 Å². The molecule has 0 saturated carbocycles. The van der Waals surface area contributed by atoms with E-state index in [9.17, 15) is 9.18 Å². The zero-order chi connectivity index (χ0) is 18.5. The number of para-hydroxylation sites is 1. The Kier molecular flexibility index (Phi) is 5.38. The number of nitrogens with zero attached hydrogens (tertiary/aromatic N) is 4. The molecular weight excluding hydrogens is 333 g/mol. The zero-order valence-corrected chi connectivity index (χ0v) is 14.6. The molecule has 0 aliphatic rings. The molecule has 0 saturated heterocycles. The third kappa shape index (κ3) is 4.12. The Bertz CT molecular complexity index is 864. The molecule has 6 nitrogen and oxygen atoms in total. The first-order valence-electron chi connectivity index (χ1n) is 8.24. The van der Waals surface area contributed by atoms with Crippen LogP contribution in [0.3, 0.4) is 0 Å². The van der Waals surface area contributed by atoms with Gasteiger partial charge in [-0.15, -0.1) is 0 Å². The summed E-state index contributed by atoms with van der Waals surface area (Å²) in [6.45, 7) is 2.17. The lowest BCUT2D eigenvalue weighted by molar-refractivity contribution is -0.117. The van der Waals surface area contributed by atoms with Crippen molar-refractivity contribution in [1.29, 1.82) is 0 Å². The van der Waals surface area contributed by atoms with Gasteiger partial charge in [0, 0.05) is 6.04 Å². The van der Waals surface area contributed by atoms with Crippen LogP contribution in [-0.4, -0.2) is 39.2 Å². The molecule has 0 spiro atoms. The first kappa shape index (κ1) is 17.8. The van der Waals surface area contributed by atoms with Gasteiger partial charge in [-0.05, 0) is 43.8 Å². The Balaban J connectivity index is 1.61. The molecule has 1 amide bonds. The molecule has 1 atom stereocenters. The minimum Gasteiger partial charge on any atom is -0.322 e. The maximum absolute atomic E-state index is 13.6. The van der Waals surface area contributed by atoms with Crippen LogP contribution < -0.4 is 5.32 Å². The zero-order valence-electron chi connectivity index (χ0n) is 14.6. The highest BCUT2D eigenvalue weighted by molar-refractivity contribution is 5.92. The fourth-order valence-electron chi connectivity index (χ4n) is 2.62. The number of amides is 1. The van der Waals surface area contributed by atoms with Crippen LogP contribution >= 0.6 is 0 Å². The average Bonchev–Trinajstić information content (AvgIpc) is 3.18. The minimum absolute atomic E-state index is 0.0196. The normalized spacial score (nSPS) is 12.2. The second-order valence-electron chi connectivity index (χ2n) is 6.05. The molecule has 2 aromatic carbocycles.